The molecule has 0 saturated heterocycles. The average Bonchev–Trinajstić information content (AvgIpc) is 0.762. The molecular formula is C134H164BN3. The summed E-state index contributed by atoms with van der Waals surface area (Å²) >= 11 is 0. The molecule has 0 amide bonds. The first kappa shape index (κ1) is 88.7. The minimum Gasteiger partial charge on any atom is -0.310 e. The van der Waals surface area contributed by atoms with E-state index in [4.69, 9.17) is 0 Å². The van der Waals surface area contributed by atoms with Gasteiger partial charge in [0, 0.05) is 61.5 Å². The smallest absolute Gasteiger partial charge is 0.252 e. The Balaban J connectivity index is 1.28. The van der Waals surface area contributed by atoms with Crippen molar-refractivity contribution in [1.82, 2.24) is 4.57 Å². The van der Waals surface area contributed by atoms with E-state index in [1.54, 1.807) is 0 Å². The van der Waals surface area contributed by atoms with Crippen molar-refractivity contribution in [1.29, 1.82) is 0 Å². The van der Waals surface area contributed by atoms with Crippen LogP contribution in [0, 0.1) is 0 Å². The topological polar surface area (TPSA) is 11.4 Å². The predicted molar refractivity (Wildman–Crippen MR) is 609 cm³/mol. The third-order valence-electron chi connectivity index (χ3n) is 29.1. The molecule has 0 unspecified atom stereocenters. The van der Waals surface area contributed by atoms with Crippen LogP contribution in [-0.4, -0.2) is 11.3 Å². The van der Waals surface area contributed by atoms with Crippen LogP contribution in [0.4, 0.5) is 34.1 Å². The van der Waals surface area contributed by atoms with Crippen molar-refractivity contribution < 1.29 is 12.3 Å². The molecule has 16 rings (SSSR count). The molecule has 13 aromatic carbocycles. The molecule has 1 aromatic heterocycles. The first-order valence-electron chi connectivity index (χ1n) is 55.4. The number of fused-ring (bicyclic) bond motifs is 7. The van der Waals surface area contributed by atoms with E-state index in [0.29, 0.717) is 22.5 Å². The predicted octanol–water partition coefficient (Wildman–Crippen LogP) is 37.0. The first-order valence-corrected chi connectivity index (χ1v) is 50.9. The highest BCUT2D eigenvalue weighted by Crippen LogP contribution is 2.59. The molecule has 3 nitrogen and oxygen atoms in total. The Hall–Kier alpha value is -10.7. The van der Waals surface area contributed by atoms with E-state index < -0.39 is 50.0 Å². The molecule has 718 valence electrons. The molecule has 2 aliphatic rings. The second-order valence-electron chi connectivity index (χ2n) is 55.2. The summed E-state index contributed by atoms with van der Waals surface area (Å²) in [7, 11) is 0. The van der Waals surface area contributed by atoms with E-state index in [1.165, 1.54) is 22.3 Å². The zero-order chi connectivity index (χ0) is 109. The molecule has 3 heterocycles. The van der Waals surface area contributed by atoms with Gasteiger partial charge in [0.15, 0.2) is 0 Å². The number of hydrogen-bond donors (Lipinski definition) is 0. The molecule has 0 atom stereocenters. The maximum Gasteiger partial charge on any atom is 0.252 e. The minimum atomic E-state index is -1.09. The summed E-state index contributed by atoms with van der Waals surface area (Å²) in [6.45, 7) is 92.4. The number of aromatic nitrogens is 1. The van der Waals surface area contributed by atoms with Gasteiger partial charge in [-0.05, 0) is 293 Å². The normalized spacial score (nSPS) is 15.0. The van der Waals surface area contributed by atoms with Crippen LogP contribution in [0.15, 0.2) is 230 Å². The van der Waals surface area contributed by atoms with Gasteiger partial charge in [0.1, 0.15) is 0 Å². The highest BCUT2D eigenvalue weighted by atomic mass is 15.2. The maximum absolute atomic E-state index is 12.1. The molecule has 0 radical (unpaired) electrons. The lowest BCUT2D eigenvalue weighted by atomic mass is 9.33. The summed E-state index contributed by atoms with van der Waals surface area (Å²) in [5.74, 6) is 0. The van der Waals surface area contributed by atoms with Crippen molar-refractivity contribution in [2.24, 2.45) is 0 Å². The molecule has 0 spiro atoms. The molecule has 0 aliphatic carbocycles. The van der Waals surface area contributed by atoms with E-state index in [-0.39, 0.29) is 126 Å². The Labute approximate surface area is 847 Å². The van der Waals surface area contributed by atoms with Crippen molar-refractivity contribution in [3.63, 3.8) is 0 Å². The van der Waals surface area contributed by atoms with E-state index >= 15 is 0 Å². The second-order valence-corrected chi connectivity index (χ2v) is 55.2. The summed E-state index contributed by atoms with van der Waals surface area (Å²) in [5, 5.41) is 2.32. The largest absolute Gasteiger partial charge is 0.310 e. The van der Waals surface area contributed by atoms with E-state index in [2.05, 4.69) is 398 Å². The van der Waals surface area contributed by atoms with E-state index in [1.807, 2.05) is 83.1 Å². The third kappa shape index (κ3) is 19.0. The molecule has 4 heteroatoms. The lowest BCUT2D eigenvalue weighted by molar-refractivity contribution is 0.568. The maximum atomic E-state index is 12.1. The Morgan fingerprint density at radius 3 is 0.986 bits per heavy atom. The van der Waals surface area contributed by atoms with Gasteiger partial charge in [0.05, 0.1) is 34.7 Å². The fourth-order valence-corrected chi connectivity index (χ4v) is 20.1. The van der Waals surface area contributed by atoms with Gasteiger partial charge in [-0.3, -0.25) is 0 Å². The van der Waals surface area contributed by atoms with E-state index in [9.17, 15) is 12.3 Å². The van der Waals surface area contributed by atoms with Crippen LogP contribution in [0.1, 0.15) is 381 Å². The van der Waals surface area contributed by atoms with Crippen LogP contribution < -0.4 is 26.2 Å². The van der Waals surface area contributed by atoms with Gasteiger partial charge < -0.3 is 14.4 Å². The summed E-state index contributed by atoms with van der Waals surface area (Å²) in [6, 6.07) is 67.3. The van der Waals surface area contributed by atoms with Crippen molar-refractivity contribution >= 4 is 79.0 Å². The summed E-state index contributed by atoms with van der Waals surface area (Å²) < 4.78 is 103. The van der Waals surface area contributed by atoms with Crippen molar-refractivity contribution in [3.05, 3.63) is 308 Å². The van der Waals surface area contributed by atoms with Gasteiger partial charge in [-0.15, -0.1) is 0 Å². The Morgan fingerprint density at radius 2 is 0.558 bits per heavy atom. The number of nitrogens with zero attached hydrogens (tertiary/aromatic N) is 3. The van der Waals surface area contributed by atoms with Gasteiger partial charge in [-0.1, -0.05) is 442 Å². The number of benzene rings is 13. The summed E-state index contributed by atoms with van der Waals surface area (Å²) in [5.41, 5.74) is 23.5. The molecule has 0 bridgehead atoms. The first-order chi connectivity index (χ1) is 67.0. The Bertz CT molecular complexity index is 7560. The molecule has 0 fully saturated rings. The fraction of sp³-hybridized carbons (Fsp3) is 0.418. The van der Waals surface area contributed by atoms with Crippen molar-refractivity contribution in [2.45, 2.75) is 367 Å². The molecule has 14 aromatic rings. The van der Waals surface area contributed by atoms with Crippen LogP contribution in [0.3, 0.4) is 0 Å². The molecule has 138 heavy (non-hydrogen) atoms. The van der Waals surface area contributed by atoms with Crippen LogP contribution in [0.25, 0.3) is 94.3 Å². The highest BCUT2D eigenvalue weighted by Gasteiger charge is 2.48. The van der Waals surface area contributed by atoms with Crippen molar-refractivity contribution in [3.8, 4) is 72.4 Å². The number of hydrogen-bond acceptors (Lipinski definition) is 2. The highest BCUT2D eigenvalue weighted by molar-refractivity contribution is 7.00. The summed E-state index contributed by atoms with van der Waals surface area (Å²) in [4.78, 5) is 4.94. The van der Waals surface area contributed by atoms with Crippen LogP contribution >= 0.6 is 0 Å². The lowest BCUT2D eigenvalue weighted by Crippen LogP contribution is -2.61. The van der Waals surface area contributed by atoms with Crippen LogP contribution in [0.2, 0.25) is 0 Å². The molecule has 0 saturated carbocycles. The SMILES string of the molecule is [2H]c1c([2H])c(C(C)(C)C)c([2H])c([2H])c1-c1c([2H])c(C(C)(C)C)c([2H])c(-c2c([2H])c(C(C)(C)C)c([2H])c([2H])c2C(C)(C)C)c1N1c2cc(-c3cc(C(C)(C)C)cc(C(C)(C)C)c3)ccc2B2c3ccc(-n4c5ccc(C(C)(C)C)cc5c5cc(C(C)(C)C)ccc54)cc3N(c3c(-c4cc(C(C)(C)C)cc(C(C)(C)C)c4)cc(C(C)(C)C)cc3-c3ccccc3C(C)(C)C)c3cc(-c4cc(C(C)(C)C)cc(C(C)(C)C)c4)cc1c32. The number of rotatable bonds is 9. The molecular weight excluding hydrogens is 1660 g/mol. The average molecular weight is 1840 g/mol. The second kappa shape index (κ2) is 33.5. The molecule has 0 N–H and O–H groups in total. The zero-order valence-corrected chi connectivity index (χ0v) is 92.2. The van der Waals surface area contributed by atoms with E-state index in [0.717, 1.165) is 139 Å². The molecule has 2 aliphatic heterocycles. The van der Waals surface area contributed by atoms with Gasteiger partial charge in [-0.2, -0.15) is 0 Å². The van der Waals surface area contributed by atoms with Crippen LogP contribution in [0.5, 0.6) is 0 Å². The Kier molecular flexibility index (Phi) is 21.5. The lowest BCUT2D eigenvalue weighted by Gasteiger charge is -2.46. The Morgan fingerprint density at radius 1 is 0.210 bits per heavy atom. The van der Waals surface area contributed by atoms with Gasteiger partial charge in [0.25, 0.3) is 6.71 Å². The fourth-order valence-electron chi connectivity index (χ4n) is 20.1. The van der Waals surface area contributed by atoms with Gasteiger partial charge in [0.2, 0.25) is 0 Å². The van der Waals surface area contributed by atoms with Crippen LogP contribution in [-0.2, 0) is 75.8 Å². The standard InChI is InChI=1S/C134H164BN3/c1-121(2,3)87-50-47-81(48-51-87)101-76-97(131(31,32)33)79-107(103-73-88(122(4,5)6)52-56-109(103)134(40,41)42)119(101)137-114-67-82(83-61-91(125(13,14)15)70-92(62-83)126(16,17)18)49-57-110(114)135-111-58-55-99(136-112-59-53-89(123(7,8)9)74-104(112)105-75-90(124(10,11)12)54-60-113(105)136)80-115(111)138(117-69-85(68-116(137)118(117)135)84-63-93(127(19,20)21)71-94(64-84)128(22,23)24)120-102(86-65-95(129(25,26)27)72-96(66-86)130(28,29)30)77-98(132(34,35)36)78-106(120)100-45-43-44-46-108(100)133(37,38)39/h43-80H,1-42H3/i47D,48D,50D,51D,52D,56D,73D,76D,79D. The minimum absolute atomic E-state index is 0.0347. The monoisotopic (exact) mass is 1840 g/mol. The van der Waals surface area contributed by atoms with Crippen molar-refractivity contribution in [2.75, 3.05) is 9.80 Å². The quantitative estimate of drug-likeness (QED) is 0.133. The van der Waals surface area contributed by atoms with Gasteiger partial charge in [-0.25, -0.2) is 0 Å². The zero-order valence-electron chi connectivity index (χ0n) is 101. The number of anilines is 6. The summed E-state index contributed by atoms with van der Waals surface area (Å²) in [6.07, 6.45) is 0. The third-order valence-corrected chi connectivity index (χ3v) is 29.1. The van der Waals surface area contributed by atoms with Gasteiger partial charge >= 0.3 is 0 Å².